The molecule has 2 rings (SSSR count). The molecular weight excluding hydrogens is 248 g/mol. The van der Waals surface area contributed by atoms with Gasteiger partial charge < -0.3 is 5.73 Å². The van der Waals surface area contributed by atoms with Crippen molar-refractivity contribution in [3.63, 3.8) is 0 Å². The molecule has 0 unspecified atom stereocenters. The molecule has 2 aromatic rings. The molecule has 0 heterocycles. The van der Waals surface area contributed by atoms with Gasteiger partial charge in [-0.1, -0.05) is 18.2 Å². The van der Waals surface area contributed by atoms with Crippen LogP contribution in [0.15, 0.2) is 53.4 Å². The van der Waals surface area contributed by atoms with Crippen LogP contribution in [0.25, 0.3) is 0 Å². The van der Waals surface area contributed by atoms with E-state index in [-0.39, 0.29) is 10.6 Å². The van der Waals surface area contributed by atoms with Crippen LogP contribution in [0.2, 0.25) is 0 Å². The van der Waals surface area contributed by atoms with Crippen molar-refractivity contribution in [2.45, 2.75) is 10.6 Å². The summed E-state index contributed by atoms with van der Waals surface area (Å²) in [4.78, 5) is 11.6. The first-order valence-corrected chi connectivity index (χ1v) is 6.36. The van der Waals surface area contributed by atoms with Crippen LogP contribution in [0.1, 0.15) is 5.56 Å². The van der Waals surface area contributed by atoms with Gasteiger partial charge in [-0.2, -0.15) is 0 Å². The number of thioether (sulfide) groups is 1. The number of nitro groups is 1. The molecule has 0 fully saturated rings. The van der Waals surface area contributed by atoms with E-state index in [9.17, 15) is 10.1 Å². The summed E-state index contributed by atoms with van der Waals surface area (Å²) in [6.45, 7) is 0. The summed E-state index contributed by atoms with van der Waals surface area (Å²) >= 11 is 1.55. The number of anilines is 1. The summed E-state index contributed by atoms with van der Waals surface area (Å²) < 4.78 is 0. The number of nitro benzene ring substituents is 1. The standard InChI is InChI=1S/C13H12N2O2S/c14-11-5-7-12(8-6-11)18-9-10-3-1-2-4-13(10)15(16)17/h1-8H,9,14H2. The number of benzene rings is 2. The number of hydrogen-bond donors (Lipinski definition) is 1. The summed E-state index contributed by atoms with van der Waals surface area (Å²) in [6, 6.07) is 14.3. The highest BCUT2D eigenvalue weighted by Crippen LogP contribution is 2.28. The summed E-state index contributed by atoms with van der Waals surface area (Å²) in [5.74, 6) is 0.571. The minimum Gasteiger partial charge on any atom is -0.399 e. The maximum absolute atomic E-state index is 10.9. The Morgan fingerprint density at radius 3 is 2.44 bits per heavy atom. The van der Waals surface area contributed by atoms with E-state index in [2.05, 4.69) is 0 Å². The molecule has 18 heavy (non-hydrogen) atoms. The fourth-order valence-corrected chi connectivity index (χ4v) is 2.43. The smallest absolute Gasteiger partial charge is 0.273 e. The average Bonchev–Trinajstić information content (AvgIpc) is 2.38. The monoisotopic (exact) mass is 260 g/mol. The van der Waals surface area contributed by atoms with Gasteiger partial charge in [-0.05, 0) is 24.3 Å². The van der Waals surface area contributed by atoms with Crippen LogP contribution in [0.5, 0.6) is 0 Å². The molecular formula is C13H12N2O2S. The zero-order valence-corrected chi connectivity index (χ0v) is 10.4. The molecule has 0 amide bonds. The normalized spacial score (nSPS) is 10.2. The van der Waals surface area contributed by atoms with Crippen LogP contribution < -0.4 is 5.73 Å². The predicted molar refractivity (Wildman–Crippen MR) is 73.5 cm³/mol. The van der Waals surface area contributed by atoms with Crippen molar-refractivity contribution >= 4 is 23.1 Å². The van der Waals surface area contributed by atoms with Crippen molar-refractivity contribution in [1.82, 2.24) is 0 Å². The van der Waals surface area contributed by atoms with Gasteiger partial charge in [0.05, 0.1) is 4.92 Å². The lowest BCUT2D eigenvalue weighted by Gasteiger charge is -2.03. The molecule has 5 heteroatoms. The Morgan fingerprint density at radius 1 is 1.11 bits per heavy atom. The zero-order chi connectivity index (χ0) is 13.0. The third-order valence-corrected chi connectivity index (χ3v) is 3.52. The molecule has 0 aliphatic rings. The van der Waals surface area contributed by atoms with Gasteiger partial charge in [0.1, 0.15) is 0 Å². The highest BCUT2D eigenvalue weighted by atomic mass is 32.2. The number of nitrogens with two attached hydrogens (primary N) is 1. The van der Waals surface area contributed by atoms with Gasteiger partial charge in [-0.3, -0.25) is 10.1 Å². The Labute approximate surface area is 109 Å². The van der Waals surface area contributed by atoms with E-state index in [1.165, 1.54) is 6.07 Å². The van der Waals surface area contributed by atoms with Crippen molar-refractivity contribution < 1.29 is 4.92 Å². The molecule has 0 saturated carbocycles. The average molecular weight is 260 g/mol. The summed E-state index contributed by atoms with van der Waals surface area (Å²) in [7, 11) is 0. The fraction of sp³-hybridized carbons (Fsp3) is 0.0769. The van der Waals surface area contributed by atoms with E-state index in [1.807, 2.05) is 30.3 Å². The molecule has 0 atom stereocenters. The topological polar surface area (TPSA) is 69.2 Å². The number of nitrogens with zero attached hydrogens (tertiary/aromatic N) is 1. The highest BCUT2D eigenvalue weighted by Gasteiger charge is 2.11. The lowest BCUT2D eigenvalue weighted by molar-refractivity contribution is -0.385. The first kappa shape index (κ1) is 12.4. The lowest BCUT2D eigenvalue weighted by atomic mass is 10.2. The van der Waals surface area contributed by atoms with Gasteiger partial charge in [0, 0.05) is 28.0 Å². The molecule has 0 spiro atoms. The predicted octanol–water partition coefficient (Wildman–Crippen LogP) is 3.47. The number of para-hydroxylation sites is 1. The largest absolute Gasteiger partial charge is 0.399 e. The van der Waals surface area contributed by atoms with E-state index in [0.29, 0.717) is 11.4 Å². The molecule has 0 aromatic heterocycles. The third-order valence-electron chi connectivity index (χ3n) is 2.46. The van der Waals surface area contributed by atoms with Crippen LogP contribution in [-0.4, -0.2) is 4.92 Å². The molecule has 0 aliphatic carbocycles. The van der Waals surface area contributed by atoms with Gasteiger partial charge in [-0.25, -0.2) is 0 Å². The van der Waals surface area contributed by atoms with Gasteiger partial charge in [0.2, 0.25) is 0 Å². The maximum Gasteiger partial charge on any atom is 0.273 e. The van der Waals surface area contributed by atoms with Crippen molar-refractivity contribution in [2.75, 3.05) is 5.73 Å². The van der Waals surface area contributed by atoms with Gasteiger partial charge in [-0.15, -0.1) is 11.8 Å². The first-order valence-electron chi connectivity index (χ1n) is 5.37. The van der Waals surface area contributed by atoms with Crippen molar-refractivity contribution in [1.29, 1.82) is 0 Å². The van der Waals surface area contributed by atoms with Gasteiger partial charge >= 0.3 is 0 Å². The first-order chi connectivity index (χ1) is 8.66. The molecule has 0 saturated heterocycles. The summed E-state index contributed by atoms with van der Waals surface area (Å²) in [5, 5.41) is 10.9. The summed E-state index contributed by atoms with van der Waals surface area (Å²) in [6.07, 6.45) is 0. The fourth-order valence-electron chi connectivity index (χ4n) is 1.54. The Hall–Kier alpha value is -2.01. The van der Waals surface area contributed by atoms with Crippen LogP contribution in [0, 0.1) is 10.1 Å². The van der Waals surface area contributed by atoms with E-state index < -0.39 is 0 Å². The third kappa shape index (κ3) is 3.01. The van der Waals surface area contributed by atoms with Gasteiger partial charge in [0.25, 0.3) is 5.69 Å². The second-order valence-corrected chi connectivity index (χ2v) is 4.79. The van der Waals surface area contributed by atoms with Gasteiger partial charge in [0.15, 0.2) is 0 Å². The van der Waals surface area contributed by atoms with E-state index >= 15 is 0 Å². The van der Waals surface area contributed by atoms with Crippen LogP contribution in [-0.2, 0) is 5.75 Å². The zero-order valence-electron chi connectivity index (χ0n) is 9.58. The second-order valence-electron chi connectivity index (χ2n) is 3.74. The molecule has 2 aromatic carbocycles. The molecule has 2 N–H and O–H groups in total. The quantitative estimate of drug-likeness (QED) is 0.395. The van der Waals surface area contributed by atoms with E-state index in [0.717, 1.165) is 10.5 Å². The Balaban J connectivity index is 2.10. The molecule has 92 valence electrons. The van der Waals surface area contributed by atoms with E-state index in [4.69, 9.17) is 5.73 Å². The number of nitrogen functional groups attached to an aromatic ring is 1. The molecule has 0 radical (unpaired) electrons. The Bertz CT molecular complexity index is 555. The molecule has 4 nitrogen and oxygen atoms in total. The highest BCUT2D eigenvalue weighted by molar-refractivity contribution is 7.98. The minimum atomic E-state index is -0.348. The maximum atomic E-state index is 10.9. The lowest BCUT2D eigenvalue weighted by Crippen LogP contribution is -1.93. The number of rotatable bonds is 4. The second kappa shape index (κ2) is 5.55. The van der Waals surface area contributed by atoms with Crippen molar-refractivity contribution in [3.05, 3.63) is 64.2 Å². The van der Waals surface area contributed by atoms with Crippen molar-refractivity contribution in [2.24, 2.45) is 0 Å². The van der Waals surface area contributed by atoms with Crippen LogP contribution in [0.3, 0.4) is 0 Å². The Morgan fingerprint density at radius 2 is 1.78 bits per heavy atom. The summed E-state index contributed by atoms with van der Waals surface area (Å²) in [5.41, 5.74) is 7.21. The SMILES string of the molecule is Nc1ccc(SCc2ccccc2[N+](=O)[O-])cc1. The minimum absolute atomic E-state index is 0.167. The van der Waals surface area contributed by atoms with Crippen molar-refractivity contribution in [3.8, 4) is 0 Å². The Kier molecular flexibility index (Phi) is 3.84. The molecule has 0 bridgehead atoms. The van der Waals surface area contributed by atoms with Crippen LogP contribution >= 0.6 is 11.8 Å². The number of hydrogen-bond acceptors (Lipinski definition) is 4. The molecule has 0 aliphatic heterocycles. The van der Waals surface area contributed by atoms with E-state index in [1.54, 1.807) is 23.9 Å². The van der Waals surface area contributed by atoms with Crippen LogP contribution in [0.4, 0.5) is 11.4 Å².